The molecule has 1 fully saturated rings. The first kappa shape index (κ1) is 14.3. The maximum atomic E-state index is 12.5. The van der Waals surface area contributed by atoms with Crippen molar-refractivity contribution in [2.45, 2.75) is 38.6 Å². The predicted octanol–water partition coefficient (Wildman–Crippen LogP) is 3.34. The normalized spacial score (nSPS) is 16.5. The Kier molecular flexibility index (Phi) is 4.40. The number of benzene rings is 1. The monoisotopic (exact) mass is 323 g/mol. The Hall–Kier alpha value is -1.16. The summed E-state index contributed by atoms with van der Waals surface area (Å²) in [5.41, 5.74) is 1.80. The molecule has 4 heteroatoms. The molecule has 0 N–H and O–H groups in total. The van der Waals surface area contributed by atoms with Crippen molar-refractivity contribution in [2.24, 2.45) is 0 Å². The number of halogens is 1. The molecule has 0 heterocycles. The summed E-state index contributed by atoms with van der Waals surface area (Å²) in [4.78, 5) is 25.5. The second-order valence-electron chi connectivity index (χ2n) is 5.17. The molecule has 0 aromatic heterocycles. The number of rotatable bonds is 2. The van der Waals surface area contributed by atoms with Crippen LogP contribution in [0.3, 0.4) is 0 Å². The van der Waals surface area contributed by atoms with Crippen molar-refractivity contribution in [3.8, 4) is 0 Å². The molecule has 0 unspecified atom stereocenters. The van der Waals surface area contributed by atoms with Gasteiger partial charge in [0.15, 0.2) is 0 Å². The van der Waals surface area contributed by atoms with Gasteiger partial charge < -0.3 is 4.90 Å². The Morgan fingerprint density at radius 1 is 1.32 bits per heavy atom. The fraction of sp³-hybridized carbons (Fsp3) is 0.467. The van der Waals surface area contributed by atoms with Crippen LogP contribution in [0.15, 0.2) is 22.7 Å². The number of hydrogen-bond acceptors (Lipinski definition) is 2. The molecule has 19 heavy (non-hydrogen) atoms. The molecule has 0 radical (unpaired) electrons. The van der Waals surface area contributed by atoms with E-state index in [1.54, 1.807) is 4.90 Å². The lowest BCUT2D eigenvalue weighted by Gasteiger charge is -2.31. The molecule has 3 nitrogen and oxygen atoms in total. The average molecular weight is 324 g/mol. The molecule has 1 aliphatic rings. The second-order valence-corrected chi connectivity index (χ2v) is 6.02. The van der Waals surface area contributed by atoms with E-state index in [1.807, 2.05) is 32.2 Å². The fourth-order valence-electron chi connectivity index (χ4n) is 2.46. The van der Waals surface area contributed by atoms with Gasteiger partial charge in [0.05, 0.1) is 5.56 Å². The zero-order valence-corrected chi connectivity index (χ0v) is 12.9. The van der Waals surface area contributed by atoms with Crippen LogP contribution in [0, 0.1) is 6.92 Å². The van der Waals surface area contributed by atoms with Gasteiger partial charge in [-0.15, -0.1) is 0 Å². The van der Waals surface area contributed by atoms with E-state index in [4.69, 9.17) is 0 Å². The molecular formula is C15H18BrNO2. The van der Waals surface area contributed by atoms with Gasteiger partial charge in [0, 0.05) is 30.4 Å². The van der Waals surface area contributed by atoms with Crippen LogP contribution in [0.25, 0.3) is 0 Å². The van der Waals surface area contributed by atoms with Gasteiger partial charge in [-0.1, -0.05) is 6.07 Å². The van der Waals surface area contributed by atoms with Crippen LogP contribution in [-0.4, -0.2) is 29.7 Å². The minimum Gasteiger partial charge on any atom is -0.339 e. The fourth-order valence-corrected chi connectivity index (χ4v) is 3.12. The molecule has 1 aliphatic carbocycles. The van der Waals surface area contributed by atoms with E-state index >= 15 is 0 Å². The van der Waals surface area contributed by atoms with E-state index < -0.39 is 0 Å². The molecule has 0 spiro atoms. The highest BCUT2D eigenvalue weighted by Gasteiger charge is 2.26. The van der Waals surface area contributed by atoms with Crippen molar-refractivity contribution < 1.29 is 9.59 Å². The molecule has 0 atom stereocenters. The highest BCUT2D eigenvalue weighted by molar-refractivity contribution is 9.10. The molecule has 2 rings (SSSR count). The summed E-state index contributed by atoms with van der Waals surface area (Å²) in [6.07, 6.45) is 2.75. The van der Waals surface area contributed by atoms with Gasteiger partial charge in [0.25, 0.3) is 5.91 Å². The van der Waals surface area contributed by atoms with Crippen molar-refractivity contribution in [1.29, 1.82) is 0 Å². The Bertz CT molecular complexity index is 503. The minimum atomic E-state index is 0.0197. The number of carbonyl (C=O) groups is 2. The minimum absolute atomic E-state index is 0.0197. The summed E-state index contributed by atoms with van der Waals surface area (Å²) in [6.45, 7) is 2.00. The number of hydrogen-bond donors (Lipinski definition) is 0. The lowest BCUT2D eigenvalue weighted by Crippen LogP contribution is -2.39. The molecule has 1 aromatic rings. The van der Waals surface area contributed by atoms with Gasteiger partial charge in [-0.05, 0) is 53.4 Å². The van der Waals surface area contributed by atoms with Crippen molar-refractivity contribution >= 4 is 27.6 Å². The Morgan fingerprint density at radius 2 is 1.95 bits per heavy atom. The van der Waals surface area contributed by atoms with E-state index in [0.717, 1.165) is 22.9 Å². The van der Waals surface area contributed by atoms with Crippen LogP contribution in [0.5, 0.6) is 0 Å². The van der Waals surface area contributed by atoms with Crippen LogP contribution in [0.1, 0.15) is 41.6 Å². The van der Waals surface area contributed by atoms with Gasteiger partial charge in [-0.2, -0.15) is 0 Å². The quantitative estimate of drug-likeness (QED) is 0.837. The standard InChI is InChI=1S/C15H18BrNO2/c1-10-3-8-13(14(16)9-10)15(19)17(2)11-4-6-12(18)7-5-11/h3,8-9,11H,4-7H2,1-2H3. The first-order valence-electron chi connectivity index (χ1n) is 6.54. The third-order valence-electron chi connectivity index (χ3n) is 3.74. The zero-order chi connectivity index (χ0) is 14.0. The molecule has 1 saturated carbocycles. The Balaban J connectivity index is 2.12. The summed E-state index contributed by atoms with van der Waals surface area (Å²) in [7, 11) is 1.83. The second kappa shape index (κ2) is 5.87. The summed E-state index contributed by atoms with van der Waals surface area (Å²) >= 11 is 3.45. The smallest absolute Gasteiger partial charge is 0.254 e. The topological polar surface area (TPSA) is 37.4 Å². The highest BCUT2D eigenvalue weighted by Crippen LogP contribution is 2.24. The van der Waals surface area contributed by atoms with Crippen LogP contribution in [0.2, 0.25) is 0 Å². The van der Waals surface area contributed by atoms with E-state index in [1.165, 1.54) is 0 Å². The molecular weight excluding hydrogens is 306 g/mol. The number of amides is 1. The Labute approximate surface area is 122 Å². The number of carbonyl (C=O) groups excluding carboxylic acids is 2. The number of Topliss-reactive ketones (excluding diaryl/α,β-unsaturated/α-hetero) is 1. The average Bonchev–Trinajstić information content (AvgIpc) is 2.38. The van der Waals surface area contributed by atoms with Crippen LogP contribution >= 0.6 is 15.9 Å². The number of ketones is 1. The lowest BCUT2D eigenvalue weighted by atomic mass is 9.93. The molecule has 0 bridgehead atoms. The lowest BCUT2D eigenvalue weighted by molar-refractivity contribution is -0.121. The van der Waals surface area contributed by atoms with Crippen molar-refractivity contribution in [3.63, 3.8) is 0 Å². The maximum absolute atomic E-state index is 12.5. The van der Waals surface area contributed by atoms with E-state index in [-0.39, 0.29) is 11.9 Å². The van der Waals surface area contributed by atoms with Crippen LogP contribution in [0.4, 0.5) is 0 Å². The van der Waals surface area contributed by atoms with Gasteiger partial charge in [0.2, 0.25) is 0 Å². The van der Waals surface area contributed by atoms with Gasteiger partial charge in [0.1, 0.15) is 5.78 Å². The van der Waals surface area contributed by atoms with E-state index in [2.05, 4.69) is 15.9 Å². The molecule has 102 valence electrons. The van der Waals surface area contributed by atoms with Crippen molar-refractivity contribution in [3.05, 3.63) is 33.8 Å². The molecule has 0 saturated heterocycles. The summed E-state index contributed by atoms with van der Waals surface area (Å²) in [5.74, 6) is 0.333. The number of aryl methyl sites for hydroxylation is 1. The Morgan fingerprint density at radius 3 is 2.53 bits per heavy atom. The van der Waals surface area contributed by atoms with E-state index in [0.29, 0.717) is 24.2 Å². The zero-order valence-electron chi connectivity index (χ0n) is 11.3. The van der Waals surface area contributed by atoms with Crippen molar-refractivity contribution in [1.82, 2.24) is 4.90 Å². The predicted molar refractivity (Wildman–Crippen MR) is 78.2 cm³/mol. The van der Waals surface area contributed by atoms with E-state index in [9.17, 15) is 9.59 Å². The van der Waals surface area contributed by atoms with Gasteiger partial charge >= 0.3 is 0 Å². The van der Waals surface area contributed by atoms with Gasteiger partial charge in [-0.25, -0.2) is 0 Å². The molecule has 1 amide bonds. The van der Waals surface area contributed by atoms with Crippen LogP contribution < -0.4 is 0 Å². The third kappa shape index (κ3) is 3.24. The summed E-state index contributed by atoms with van der Waals surface area (Å²) in [5, 5.41) is 0. The van der Waals surface area contributed by atoms with Gasteiger partial charge in [-0.3, -0.25) is 9.59 Å². The SMILES string of the molecule is Cc1ccc(C(=O)N(C)C2CCC(=O)CC2)c(Br)c1. The largest absolute Gasteiger partial charge is 0.339 e. The molecule has 1 aromatic carbocycles. The maximum Gasteiger partial charge on any atom is 0.254 e. The van der Waals surface area contributed by atoms with Crippen LogP contribution in [-0.2, 0) is 4.79 Å². The summed E-state index contributed by atoms with van der Waals surface area (Å²) in [6, 6.07) is 5.92. The first-order valence-corrected chi connectivity index (χ1v) is 7.33. The first-order chi connectivity index (χ1) is 8.99. The highest BCUT2D eigenvalue weighted by atomic mass is 79.9. The summed E-state index contributed by atoms with van der Waals surface area (Å²) < 4.78 is 0.830. The molecule has 0 aliphatic heterocycles. The third-order valence-corrected chi connectivity index (χ3v) is 4.39. The van der Waals surface area contributed by atoms with Crippen molar-refractivity contribution in [2.75, 3.05) is 7.05 Å². The number of nitrogens with zero attached hydrogens (tertiary/aromatic N) is 1.